The lowest BCUT2D eigenvalue weighted by molar-refractivity contribution is -0.134. The zero-order valence-corrected chi connectivity index (χ0v) is 14.7. The van der Waals surface area contributed by atoms with Crippen LogP contribution in [-0.4, -0.2) is 79.4 Å². The monoisotopic (exact) mass is 345 g/mol. The summed E-state index contributed by atoms with van der Waals surface area (Å²) in [5.41, 5.74) is 0. The van der Waals surface area contributed by atoms with E-state index < -0.39 is 10.0 Å². The van der Waals surface area contributed by atoms with Gasteiger partial charge in [-0.1, -0.05) is 6.42 Å². The molecule has 132 valence electrons. The molecule has 0 saturated carbocycles. The van der Waals surface area contributed by atoms with Crippen LogP contribution in [0, 0.1) is 0 Å². The predicted molar refractivity (Wildman–Crippen MR) is 87.3 cm³/mol. The molecule has 0 aromatic rings. The Balaban J connectivity index is 1.78. The first-order chi connectivity index (χ1) is 10.9. The van der Waals surface area contributed by atoms with E-state index in [9.17, 15) is 18.0 Å². The van der Waals surface area contributed by atoms with Crippen molar-refractivity contribution in [3.05, 3.63) is 0 Å². The highest BCUT2D eigenvalue weighted by Gasteiger charge is 2.28. The van der Waals surface area contributed by atoms with Crippen LogP contribution < -0.4 is 0 Å². The molecular formula is C15H27N3O4S. The minimum absolute atomic E-state index is 0.00981. The van der Waals surface area contributed by atoms with Gasteiger partial charge in [0.25, 0.3) is 0 Å². The lowest BCUT2D eigenvalue weighted by Gasteiger charge is -2.34. The summed E-state index contributed by atoms with van der Waals surface area (Å²) in [6.45, 7) is 4.46. The normalized spacial score (nSPS) is 21.3. The zero-order valence-electron chi connectivity index (χ0n) is 13.9. The molecule has 2 heterocycles. The predicted octanol–water partition coefficient (Wildman–Crippen LogP) is 0.273. The molecule has 0 bridgehead atoms. The van der Waals surface area contributed by atoms with E-state index in [1.54, 1.807) is 16.7 Å². The quantitative estimate of drug-likeness (QED) is 0.717. The van der Waals surface area contributed by atoms with Gasteiger partial charge in [0.15, 0.2) is 0 Å². The average Bonchev–Trinajstić information content (AvgIpc) is 2.77. The summed E-state index contributed by atoms with van der Waals surface area (Å²) < 4.78 is 25.1. The van der Waals surface area contributed by atoms with E-state index in [1.807, 2.05) is 0 Å². The first-order valence-corrected chi connectivity index (χ1v) is 10.1. The fraction of sp³-hybridized carbons (Fsp3) is 0.867. The third-order valence-electron chi connectivity index (χ3n) is 4.62. The Hall–Kier alpha value is -1.15. The molecule has 7 nitrogen and oxygen atoms in total. The van der Waals surface area contributed by atoms with Crippen molar-refractivity contribution in [3.8, 4) is 0 Å². The van der Waals surface area contributed by atoms with Crippen LogP contribution in [0.5, 0.6) is 0 Å². The van der Waals surface area contributed by atoms with E-state index in [2.05, 4.69) is 0 Å². The van der Waals surface area contributed by atoms with Crippen LogP contribution in [0.1, 0.15) is 39.0 Å². The first kappa shape index (κ1) is 18.2. The molecule has 0 aromatic carbocycles. The highest BCUT2D eigenvalue weighted by atomic mass is 32.2. The topological polar surface area (TPSA) is 78.0 Å². The Morgan fingerprint density at radius 2 is 1.74 bits per heavy atom. The average molecular weight is 345 g/mol. The van der Waals surface area contributed by atoms with Crippen molar-refractivity contribution in [2.45, 2.75) is 39.0 Å². The van der Waals surface area contributed by atoms with Crippen molar-refractivity contribution in [2.24, 2.45) is 0 Å². The molecule has 2 rings (SSSR count). The van der Waals surface area contributed by atoms with Crippen molar-refractivity contribution in [1.29, 1.82) is 0 Å². The van der Waals surface area contributed by atoms with Crippen LogP contribution in [0.3, 0.4) is 0 Å². The lowest BCUT2D eigenvalue weighted by Crippen LogP contribution is -2.51. The number of carbonyl (C=O) groups is 2. The minimum Gasteiger partial charge on any atom is -0.342 e. The van der Waals surface area contributed by atoms with Gasteiger partial charge in [-0.3, -0.25) is 9.59 Å². The molecule has 0 N–H and O–H groups in total. The van der Waals surface area contributed by atoms with E-state index in [1.165, 1.54) is 4.31 Å². The number of hydrogen-bond donors (Lipinski definition) is 0. The van der Waals surface area contributed by atoms with Gasteiger partial charge in [-0.15, -0.1) is 0 Å². The van der Waals surface area contributed by atoms with Crippen LogP contribution in [0.4, 0.5) is 0 Å². The van der Waals surface area contributed by atoms with Gasteiger partial charge in [0.2, 0.25) is 21.8 Å². The van der Waals surface area contributed by atoms with Gasteiger partial charge in [0, 0.05) is 52.1 Å². The van der Waals surface area contributed by atoms with Crippen LogP contribution in [0.2, 0.25) is 0 Å². The maximum Gasteiger partial charge on any atom is 0.224 e. The number of piperazine rings is 1. The van der Waals surface area contributed by atoms with Crippen LogP contribution >= 0.6 is 0 Å². The number of carbonyl (C=O) groups excluding carboxylic acids is 2. The van der Waals surface area contributed by atoms with Crippen molar-refractivity contribution >= 4 is 21.8 Å². The summed E-state index contributed by atoms with van der Waals surface area (Å²) in [4.78, 5) is 27.7. The van der Waals surface area contributed by atoms with Crippen LogP contribution in [0.15, 0.2) is 0 Å². The molecule has 23 heavy (non-hydrogen) atoms. The minimum atomic E-state index is -3.17. The third kappa shape index (κ3) is 4.91. The van der Waals surface area contributed by atoms with Gasteiger partial charge in [-0.2, -0.15) is 4.31 Å². The second kappa shape index (κ2) is 8.10. The van der Waals surface area contributed by atoms with Crippen molar-refractivity contribution in [3.63, 3.8) is 0 Å². The fourth-order valence-electron chi connectivity index (χ4n) is 3.06. The molecule has 2 saturated heterocycles. The largest absolute Gasteiger partial charge is 0.342 e. The smallest absolute Gasteiger partial charge is 0.224 e. The van der Waals surface area contributed by atoms with Crippen molar-refractivity contribution in [1.82, 2.24) is 14.1 Å². The van der Waals surface area contributed by atoms with E-state index >= 15 is 0 Å². The second-order valence-electron chi connectivity index (χ2n) is 6.12. The second-order valence-corrected chi connectivity index (χ2v) is 8.38. The number of sulfonamides is 1. The number of rotatable bonds is 5. The van der Waals surface area contributed by atoms with Gasteiger partial charge < -0.3 is 9.80 Å². The Kier molecular flexibility index (Phi) is 6.41. The number of hydrogen-bond acceptors (Lipinski definition) is 4. The molecule has 2 amide bonds. The number of nitrogens with zero attached hydrogens (tertiary/aromatic N) is 3. The number of amides is 2. The third-order valence-corrected chi connectivity index (χ3v) is 6.50. The van der Waals surface area contributed by atoms with Crippen molar-refractivity contribution in [2.75, 3.05) is 45.0 Å². The van der Waals surface area contributed by atoms with Crippen LogP contribution in [-0.2, 0) is 19.6 Å². The van der Waals surface area contributed by atoms with E-state index in [-0.39, 0.29) is 17.6 Å². The standard InChI is InChI=1S/C15H27N3O4S/c1-2-23(21,22)18-12-10-17(11-13-18)15(20)7-9-16-8-5-3-4-6-14(16)19/h2-13H2,1H3. The summed E-state index contributed by atoms with van der Waals surface area (Å²) in [5.74, 6) is 0.252. The Morgan fingerprint density at radius 3 is 2.39 bits per heavy atom. The molecule has 0 aromatic heterocycles. The molecule has 0 atom stereocenters. The highest BCUT2D eigenvalue weighted by molar-refractivity contribution is 7.89. The SMILES string of the molecule is CCS(=O)(=O)N1CCN(C(=O)CCN2CCCCCC2=O)CC1. The summed E-state index contributed by atoms with van der Waals surface area (Å²) in [6.07, 6.45) is 3.93. The van der Waals surface area contributed by atoms with E-state index in [4.69, 9.17) is 0 Å². The molecule has 2 fully saturated rings. The zero-order chi connectivity index (χ0) is 16.9. The van der Waals surface area contributed by atoms with E-state index in [0.29, 0.717) is 45.6 Å². The van der Waals surface area contributed by atoms with Gasteiger partial charge >= 0.3 is 0 Å². The molecule has 8 heteroatoms. The van der Waals surface area contributed by atoms with Crippen molar-refractivity contribution < 1.29 is 18.0 Å². The van der Waals surface area contributed by atoms with Gasteiger partial charge in [0.05, 0.1) is 5.75 Å². The highest BCUT2D eigenvalue weighted by Crippen LogP contribution is 2.13. The molecule has 0 unspecified atom stereocenters. The van der Waals surface area contributed by atoms with E-state index in [0.717, 1.165) is 25.8 Å². The summed E-state index contributed by atoms with van der Waals surface area (Å²) in [7, 11) is -3.17. The number of likely N-dealkylation sites (tertiary alicyclic amines) is 1. The Morgan fingerprint density at radius 1 is 1.04 bits per heavy atom. The van der Waals surface area contributed by atoms with Crippen LogP contribution in [0.25, 0.3) is 0 Å². The molecule has 0 aliphatic carbocycles. The lowest BCUT2D eigenvalue weighted by atomic mass is 10.2. The summed E-state index contributed by atoms with van der Waals surface area (Å²) >= 11 is 0. The van der Waals surface area contributed by atoms with Gasteiger partial charge in [0.1, 0.15) is 0 Å². The molecular weight excluding hydrogens is 318 g/mol. The Bertz CT molecular complexity index is 527. The Labute approximate surface area is 138 Å². The molecule has 2 aliphatic heterocycles. The summed E-state index contributed by atoms with van der Waals surface area (Å²) in [6, 6.07) is 0. The maximum absolute atomic E-state index is 12.3. The first-order valence-electron chi connectivity index (χ1n) is 8.47. The molecule has 2 aliphatic rings. The van der Waals surface area contributed by atoms with Gasteiger partial charge in [-0.25, -0.2) is 8.42 Å². The molecule has 0 spiro atoms. The molecule has 0 radical (unpaired) electrons. The summed E-state index contributed by atoms with van der Waals surface area (Å²) in [5, 5.41) is 0. The fourth-order valence-corrected chi connectivity index (χ4v) is 4.15. The van der Waals surface area contributed by atoms with Gasteiger partial charge in [-0.05, 0) is 19.8 Å². The maximum atomic E-state index is 12.3.